The maximum atomic E-state index is 2.41. The Morgan fingerprint density at radius 2 is 0.604 bits per heavy atom. The Labute approximate surface area is 328 Å². The smallest absolute Gasteiger partial charge is 0.151 e. The van der Waals surface area contributed by atoms with Gasteiger partial charge in [-0.3, -0.25) is 0 Å². The molecule has 0 aliphatic carbocycles. The lowest BCUT2D eigenvalue weighted by Crippen LogP contribution is -2.54. The van der Waals surface area contributed by atoms with Crippen molar-refractivity contribution in [2.24, 2.45) is 0 Å². The van der Waals surface area contributed by atoms with Crippen molar-refractivity contribution in [3.05, 3.63) is 161 Å². The molecule has 7 rings (SSSR count). The molecule has 0 saturated heterocycles. The summed E-state index contributed by atoms with van der Waals surface area (Å²) in [6.07, 6.45) is 4.65. The first-order valence-electron chi connectivity index (χ1n) is 19.0. The molecule has 4 aromatic carbocycles. The molecule has 0 fully saturated rings. The summed E-state index contributed by atoms with van der Waals surface area (Å²) >= 11 is 3.90. The second-order valence-corrected chi connectivity index (χ2v) is 18.1. The Morgan fingerprint density at radius 1 is 0.358 bits per heavy atom. The van der Waals surface area contributed by atoms with Gasteiger partial charge >= 0.3 is 0 Å². The van der Waals surface area contributed by atoms with Crippen molar-refractivity contribution in [3.63, 3.8) is 0 Å². The lowest BCUT2D eigenvalue weighted by Gasteiger charge is -2.23. The predicted octanol–water partition coefficient (Wildman–Crippen LogP) is 8.64. The van der Waals surface area contributed by atoms with E-state index in [-0.39, 0.29) is 13.4 Å². The summed E-state index contributed by atoms with van der Waals surface area (Å²) in [5.74, 6) is 0. The third kappa shape index (κ3) is 7.16. The molecule has 1 aliphatic heterocycles. The largest absolute Gasteiger partial charge is 0.255 e. The van der Waals surface area contributed by atoms with Crippen molar-refractivity contribution < 1.29 is 0 Å². The Hall–Kier alpha value is -4.05. The lowest BCUT2D eigenvalue weighted by atomic mass is 9.37. The minimum Gasteiger partial charge on any atom is -0.151 e. The van der Waals surface area contributed by atoms with E-state index < -0.39 is 0 Å². The molecule has 3 heterocycles. The van der Waals surface area contributed by atoms with Crippen LogP contribution < -0.4 is 31.4 Å². The van der Waals surface area contributed by atoms with Gasteiger partial charge in [-0.1, -0.05) is 172 Å². The number of aryl methyl sites for hydroxylation is 12. The molecule has 2 aromatic heterocycles. The van der Waals surface area contributed by atoms with Gasteiger partial charge in [-0.25, -0.2) is 0 Å². The van der Waals surface area contributed by atoms with E-state index in [0.29, 0.717) is 0 Å². The summed E-state index contributed by atoms with van der Waals surface area (Å²) < 4.78 is 2.81. The van der Waals surface area contributed by atoms with E-state index in [0.717, 1.165) is 0 Å². The topological polar surface area (TPSA) is 0 Å². The van der Waals surface area contributed by atoms with E-state index in [1.807, 2.05) is 22.7 Å². The summed E-state index contributed by atoms with van der Waals surface area (Å²) in [6, 6.07) is 28.3. The quantitative estimate of drug-likeness (QED) is 0.138. The van der Waals surface area contributed by atoms with E-state index in [1.54, 1.807) is 0 Å². The van der Waals surface area contributed by atoms with E-state index in [2.05, 4.69) is 175 Å². The molecule has 0 amide bonds. The van der Waals surface area contributed by atoms with Crippen molar-refractivity contribution in [1.82, 2.24) is 0 Å². The van der Waals surface area contributed by atoms with E-state index in [1.165, 1.54) is 119 Å². The summed E-state index contributed by atoms with van der Waals surface area (Å²) in [4.78, 5) is 2.65. The SMILES string of the molecule is Cc1cc(C)c(B(c2ccc(C3=CC=C(c4ccc(B(c5c(C)cc(C)cc5C)c5c(C)cc(C)cc5C)s4)[B]3)s2)c2c(C)cc(C)cc2C)c(C)c1. The Balaban J connectivity index is 1.22. The summed E-state index contributed by atoms with van der Waals surface area (Å²) in [5.41, 5.74) is 24.7. The molecule has 0 N–H and O–H groups in total. The number of benzene rings is 4. The molecule has 263 valence electrons. The molecular weight excluding hydrogens is 673 g/mol. The van der Waals surface area contributed by atoms with Gasteiger partial charge in [0, 0.05) is 9.75 Å². The summed E-state index contributed by atoms with van der Waals surface area (Å²) in [7, 11) is 2.41. The van der Waals surface area contributed by atoms with Crippen LogP contribution in [0.3, 0.4) is 0 Å². The van der Waals surface area contributed by atoms with Gasteiger partial charge in [-0.15, -0.1) is 0 Å². The van der Waals surface area contributed by atoms with Crippen LogP contribution in [0, 0.1) is 83.1 Å². The maximum Gasteiger partial charge on any atom is 0.255 e. The monoisotopic (exact) mass is 723 g/mol. The second kappa shape index (κ2) is 14.6. The molecule has 1 aliphatic rings. The molecule has 0 atom stereocenters. The van der Waals surface area contributed by atoms with Crippen LogP contribution >= 0.6 is 22.7 Å². The normalized spacial score (nSPS) is 12.5. The molecule has 53 heavy (non-hydrogen) atoms. The van der Waals surface area contributed by atoms with E-state index in [4.69, 9.17) is 0 Å². The molecule has 0 unspecified atom stereocenters. The first-order chi connectivity index (χ1) is 25.2. The average molecular weight is 723 g/mol. The van der Waals surface area contributed by atoms with Crippen molar-refractivity contribution in [2.75, 3.05) is 0 Å². The lowest BCUT2D eigenvalue weighted by molar-refractivity contribution is 1.34. The van der Waals surface area contributed by atoms with Gasteiger partial charge in [0.05, 0.1) is 0 Å². The van der Waals surface area contributed by atoms with Gasteiger partial charge in [-0.05, 0) is 105 Å². The van der Waals surface area contributed by atoms with E-state index in [9.17, 15) is 0 Å². The molecule has 0 nitrogen and oxygen atoms in total. The zero-order valence-electron chi connectivity index (χ0n) is 33.6. The molecule has 0 saturated carbocycles. The summed E-state index contributed by atoms with van der Waals surface area (Å²) in [6.45, 7) is 27.6. The first-order valence-corrected chi connectivity index (χ1v) is 20.6. The number of thiophene rings is 2. The minimum absolute atomic E-state index is 0.198. The standard InChI is InChI=1S/C48H50B3S2/c1-27-19-31(5)45(32(6)20-27)50(46-33(7)21-28(2)22-34(46)8)43-17-15-41(52-43)39-13-14-40(49-39)42-16-18-44(53-42)51(47-35(9)23-29(3)24-36(47)10)48-37(11)25-30(4)26-38(48)12/h13-26H,1-12H3. The summed E-state index contributed by atoms with van der Waals surface area (Å²) in [5, 5.41) is 0. The third-order valence-electron chi connectivity index (χ3n) is 11.3. The van der Waals surface area contributed by atoms with Crippen LogP contribution in [0.15, 0.2) is 84.9 Å². The molecule has 6 aromatic rings. The Kier molecular flexibility index (Phi) is 10.3. The van der Waals surface area contributed by atoms with Gasteiger partial charge < -0.3 is 0 Å². The molecule has 0 bridgehead atoms. The molecule has 5 heteroatoms. The van der Waals surface area contributed by atoms with Crippen LogP contribution in [0.25, 0.3) is 10.9 Å². The van der Waals surface area contributed by atoms with Crippen molar-refractivity contribution in [2.45, 2.75) is 83.1 Å². The highest BCUT2D eigenvalue weighted by atomic mass is 32.1. The van der Waals surface area contributed by atoms with Crippen LogP contribution in [-0.2, 0) is 0 Å². The van der Waals surface area contributed by atoms with Crippen LogP contribution in [0.5, 0.6) is 0 Å². The maximum absolute atomic E-state index is 2.41. The van der Waals surface area contributed by atoms with Crippen molar-refractivity contribution in [1.29, 1.82) is 0 Å². The number of hydrogen-bond donors (Lipinski definition) is 0. The van der Waals surface area contributed by atoms with Gasteiger partial charge in [0.1, 0.15) is 0 Å². The molecule has 1 radical (unpaired) electrons. The number of hydrogen-bond acceptors (Lipinski definition) is 2. The van der Waals surface area contributed by atoms with Gasteiger partial charge in [0.15, 0.2) is 7.28 Å². The Morgan fingerprint density at radius 3 is 0.849 bits per heavy atom. The highest BCUT2D eigenvalue weighted by molar-refractivity contribution is 7.30. The fraction of sp³-hybridized carbons (Fsp3) is 0.250. The average Bonchev–Trinajstić information content (AvgIpc) is 3.83. The van der Waals surface area contributed by atoms with Gasteiger partial charge in [-0.2, -0.15) is 22.7 Å². The second-order valence-electron chi connectivity index (χ2n) is 15.9. The highest BCUT2D eigenvalue weighted by Gasteiger charge is 2.32. The Bertz CT molecular complexity index is 2090. The first kappa shape index (κ1) is 37.3. The van der Waals surface area contributed by atoms with Crippen LogP contribution in [0.1, 0.15) is 76.5 Å². The van der Waals surface area contributed by atoms with Crippen LogP contribution in [0.4, 0.5) is 0 Å². The van der Waals surface area contributed by atoms with Crippen molar-refractivity contribution >= 4 is 85.7 Å². The fourth-order valence-electron chi connectivity index (χ4n) is 9.52. The van der Waals surface area contributed by atoms with Crippen LogP contribution in [0.2, 0.25) is 0 Å². The van der Waals surface area contributed by atoms with Crippen LogP contribution in [-0.4, -0.2) is 20.7 Å². The van der Waals surface area contributed by atoms with Gasteiger partial charge in [0.2, 0.25) is 0 Å². The molecular formula is C48H50B3S2. The predicted molar refractivity (Wildman–Crippen MR) is 242 cm³/mol. The number of rotatable bonds is 8. The minimum atomic E-state index is 0.198. The van der Waals surface area contributed by atoms with E-state index >= 15 is 0 Å². The third-order valence-corrected chi connectivity index (χ3v) is 13.7. The van der Waals surface area contributed by atoms with Crippen molar-refractivity contribution in [3.8, 4) is 0 Å². The fourth-order valence-corrected chi connectivity index (χ4v) is 11.8. The zero-order chi connectivity index (χ0) is 37.9. The zero-order valence-corrected chi connectivity index (χ0v) is 35.3. The number of allylic oxidation sites excluding steroid dienone is 2. The van der Waals surface area contributed by atoms with Gasteiger partial charge in [0.25, 0.3) is 13.4 Å². The highest BCUT2D eigenvalue weighted by Crippen LogP contribution is 2.31. The molecule has 0 spiro atoms.